The number of hydrogen-bond donors (Lipinski definition) is 2. The molecule has 0 saturated heterocycles. The van der Waals surface area contributed by atoms with Crippen molar-refractivity contribution in [2.75, 3.05) is 0 Å². The van der Waals surface area contributed by atoms with Gasteiger partial charge in [0.25, 0.3) is 5.91 Å². The summed E-state index contributed by atoms with van der Waals surface area (Å²) in [4.78, 5) is 11.8. The van der Waals surface area contributed by atoms with Gasteiger partial charge in [-0.2, -0.15) is 0 Å². The fourth-order valence-corrected chi connectivity index (χ4v) is 2.17. The molecule has 1 aromatic rings. The number of aliphatic hydroxyl groups is 1. The van der Waals surface area contributed by atoms with Crippen molar-refractivity contribution >= 4 is 5.91 Å². The average Bonchev–Trinajstić information content (AvgIpc) is 2.35. The van der Waals surface area contributed by atoms with Crippen LogP contribution < -0.4 is 5.32 Å². The zero-order valence-electron chi connectivity index (χ0n) is 9.83. The monoisotopic (exact) mass is 255 g/mol. The van der Waals surface area contributed by atoms with Crippen LogP contribution >= 0.6 is 0 Å². The molecular weight excluding hydrogens is 240 g/mol. The van der Waals surface area contributed by atoms with Gasteiger partial charge in [-0.1, -0.05) is 12.8 Å². The van der Waals surface area contributed by atoms with E-state index in [0.717, 1.165) is 25.0 Å². The molecule has 18 heavy (non-hydrogen) atoms. The lowest BCUT2D eigenvalue weighted by Gasteiger charge is -2.28. The van der Waals surface area contributed by atoms with Crippen molar-refractivity contribution in [3.8, 4) is 0 Å². The van der Waals surface area contributed by atoms with Crippen molar-refractivity contribution in [3.63, 3.8) is 0 Å². The van der Waals surface area contributed by atoms with Crippen molar-refractivity contribution in [3.05, 3.63) is 35.4 Å². The lowest BCUT2D eigenvalue weighted by Crippen LogP contribution is -2.45. The van der Waals surface area contributed by atoms with E-state index in [1.165, 1.54) is 6.07 Å². The Kier molecular flexibility index (Phi) is 3.91. The Morgan fingerprint density at radius 2 is 1.94 bits per heavy atom. The smallest absolute Gasteiger partial charge is 0.251 e. The zero-order chi connectivity index (χ0) is 13.1. The molecule has 0 aliphatic heterocycles. The Morgan fingerprint density at radius 3 is 2.61 bits per heavy atom. The van der Waals surface area contributed by atoms with Crippen molar-refractivity contribution in [2.45, 2.75) is 37.8 Å². The number of aliphatic hydroxyl groups excluding tert-OH is 1. The van der Waals surface area contributed by atoms with Crippen molar-refractivity contribution in [1.82, 2.24) is 5.32 Å². The van der Waals surface area contributed by atoms with Crippen molar-refractivity contribution in [2.24, 2.45) is 0 Å². The largest absolute Gasteiger partial charge is 0.391 e. The van der Waals surface area contributed by atoms with Crippen LogP contribution in [0.3, 0.4) is 0 Å². The van der Waals surface area contributed by atoms with Crippen LogP contribution in [0.5, 0.6) is 0 Å². The summed E-state index contributed by atoms with van der Waals surface area (Å²) in [5.41, 5.74) is 0.0617. The highest BCUT2D eigenvalue weighted by atomic mass is 19.2. The summed E-state index contributed by atoms with van der Waals surface area (Å²) in [6, 6.07) is 2.70. The molecule has 1 amide bonds. The van der Waals surface area contributed by atoms with Crippen LogP contribution in [0.1, 0.15) is 36.0 Å². The molecular formula is C13H15F2NO2. The highest BCUT2D eigenvalue weighted by molar-refractivity contribution is 5.94. The second-order valence-electron chi connectivity index (χ2n) is 4.56. The summed E-state index contributed by atoms with van der Waals surface area (Å²) in [7, 11) is 0. The minimum Gasteiger partial charge on any atom is -0.391 e. The van der Waals surface area contributed by atoms with Crippen LogP contribution in [0.15, 0.2) is 18.2 Å². The lowest BCUT2D eigenvalue weighted by atomic mass is 9.92. The van der Waals surface area contributed by atoms with Gasteiger partial charge in [0.15, 0.2) is 11.6 Å². The zero-order valence-corrected chi connectivity index (χ0v) is 9.83. The maximum Gasteiger partial charge on any atom is 0.251 e. The highest BCUT2D eigenvalue weighted by Gasteiger charge is 2.25. The van der Waals surface area contributed by atoms with Gasteiger partial charge in [-0.25, -0.2) is 8.78 Å². The quantitative estimate of drug-likeness (QED) is 0.849. The maximum absolute atomic E-state index is 13.0. The molecule has 0 bridgehead atoms. The van der Waals surface area contributed by atoms with E-state index in [-0.39, 0.29) is 11.6 Å². The molecule has 0 heterocycles. The summed E-state index contributed by atoms with van der Waals surface area (Å²) in [6.07, 6.45) is 2.69. The summed E-state index contributed by atoms with van der Waals surface area (Å²) < 4.78 is 25.7. The number of amides is 1. The number of carbonyl (C=O) groups excluding carboxylic acids is 1. The lowest BCUT2D eigenvalue weighted by molar-refractivity contribution is 0.0717. The Hall–Kier alpha value is -1.49. The van der Waals surface area contributed by atoms with Gasteiger partial charge in [-0.15, -0.1) is 0 Å². The average molecular weight is 255 g/mol. The minimum atomic E-state index is -1.05. The molecule has 0 radical (unpaired) electrons. The topological polar surface area (TPSA) is 49.3 Å². The number of carbonyl (C=O) groups is 1. The Morgan fingerprint density at radius 1 is 1.22 bits per heavy atom. The number of halogens is 2. The summed E-state index contributed by atoms with van der Waals surface area (Å²) in [6.45, 7) is 0. The van der Waals surface area contributed by atoms with Crippen LogP contribution in [0, 0.1) is 11.6 Å². The van der Waals surface area contributed by atoms with Gasteiger partial charge in [0.05, 0.1) is 12.1 Å². The fraction of sp³-hybridized carbons (Fsp3) is 0.462. The van der Waals surface area contributed by atoms with Crippen LogP contribution in [-0.4, -0.2) is 23.2 Å². The SMILES string of the molecule is O=C(N[C@H]1CCCC[C@@H]1O)c1ccc(F)c(F)c1. The van der Waals surface area contributed by atoms with Gasteiger partial charge >= 0.3 is 0 Å². The van der Waals surface area contributed by atoms with Crippen LogP contribution in [0.25, 0.3) is 0 Å². The van der Waals surface area contributed by atoms with E-state index >= 15 is 0 Å². The van der Waals surface area contributed by atoms with Gasteiger partial charge < -0.3 is 10.4 Å². The Labute approximate surface area is 104 Å². The first kappa shape index (κ1) is 13.0. The molecule has 2 rings (SSSR count). The first-order valence-electron chi connectivity index (χ1n) is 6.02. The first-order chi connectivity index (χ1) is 8.58. The van der Waals surface area contributed by atoms with Gasteiger partial charge in [0.2, 0.25) is 0 Å². The molecule has 1 aliphatic rings. The third kappa shape index (κ3) is 2.85. The molecule has 0 unspecified atom stereocenters. The van der Waals surface area contributed by atoms with Crippen LogP contribution in [0.4, 0.5) is 8.78 Å². The molecule has 0 aromatic heterocycles. The molecule has 5 heteroatoms. The van der Waals surface area contributed by atoms with E-state index in [4.69, 9.17) is 0 Å². The normalized spacial score (nSPS) is 23.7. The third-order valence-electron chi connectivity index (χ3n) is 3.23. The van der Waals surface area contributed by atoms with Crippen molar-refractivity contribution < 1.29 is 18.7 Å². The molecule has 1 aliphatic carbocycles. The van der Waals surface area contributed by atoms with E-state index < -0.39 is 23.6 Å². The number of nitrogens with one attached hydrogen (secondary N) is 1. The van der Waals surface area contributed by atoms with Crippen LogP contribution in [0.2, 0.25) is 0 Å². The first-order valence-corrected chi connectivity index (χ1v) is 6.02. The Balaban J connectivity index is 2.04. The molecule has 1 fully saturated rings. The van der Waals surface area contributed by atoms with Crippen molar-refractivity contribution in [1.29, 1.82) is 0 Å². The van der Waals surface area contributed by atoms with Gasteiger partial charge in [0, 0.05) is 5.56 Å². The molecule has 2 N–H and O–H groups in total. The van der Waals surface area contributed by atoms with Crippen LogP contribution in [-0.2, 0) is 0 Å². The molecule has 1 aromatic carbocycles. The maximum atomic E-state index is 13.0. The summed E-state index contributed by atoms with van der Waals surface area (Å²) in [5.74, 6) is -2.52. The van der Waals surface area contributed by atoms with E-state index in [9.17, 15) is 18.7 Å². The highest BCUT2D eigenvalue weighted by Crippen LogP contribution is 2.19. The van der Waals surface area contributed by atoms with E-state index in [1.54, 1.807) is 0 Å². The second kappa shape index (κ2) is 5.44. The molecule has 3 nitrogen and oxygen atoms in total. The van der Waals surface area contributed by atoms with Gasteiger partial charge in [0.1, 0.15) is 0 Å². The number of hydrogen-bond acceptors (Lipinski definition) is 2. The molecule has 1 saturated carbocycles. The minimum absolute atomic E-state index is 0.0617. The third-order valence-corrected chi connectivity index (χ3v) is 3.23. The summed E-state index contributed by atoms with van der Waals surface area (Å²) >= 11 is 0. The standard InChI is InChI=1S/C13H15F2NO2/c14-9-6-5-8(7-10(9)15)13(18)16-11-3-1-2-4-12(11)17/h5-7,11-12,17H,1-4H2,(H,16,18)/t11-,12-/m0/s1. The predicted molar refractivity (Wildman–Crippen MR) is 62.1 cm³/mol. The van der Waals surface area contributed by atoms with Gasteiger partial charge in [-0.3, -0.25) is 4.79 Å². The predicted octanol–water partition coefficient (Wildman–Crippen LogP) is 2.00. The Bertz CT molecular complexity index is 451. The molecule has 0 spiro atoms. The van der Waals surface area contributed by atoms with Gasteiger partial charge in [-0.05, 0) is 31.0 Å². The fourth-order valence-electron chi connectivity index (χ4n) is 2.17. The second-order valence-corrected chi connectivity index (χ2v) is 4.56. The van der Waals surface area contributed by atoms with E-state index in [2.05, 4.69) is 5.32 Å². The number of rotatable bonds is 2. The van der Waals surface area contributed by atoms with E-state index in [0.29, 0.717) is 12.8 Å². The number of benzene rings is 1. The molecule has 2 atom stereocenters. The summed E-state index contributed by atoms with van der Waals surface area (Å²) in [5, 5.41) is 12.4. The molecule has 98 valence electrons. The van der Waals surface area contributed by atoms with E-state index in [1.807, 2.05) is 0 Å².